The van der Waals surface area contributed by atoms with E-state index < -0.39 is 0 Å². The van der Waals surface area contributed by atoms with Crippen molar-refractivity contribution < 1.29 is 9.53 Å². The molecule has 0 aliphatic heterocycles. The first-order valence-corrected chi connectivity index (χ1v) is 12.2. The first-order valence-electron chi connectivity index (χ1n) is 10.4. The summed E-state index contributed by atoms with van der Waals surface area (Å²) in [4.78, 5) is 16.5. The van der Waals surface area contributed by atoms with Crippen molar-refractivity contribution in [2.45, 2.75) is 12.1 Å². The molecule has 0 atom stereocenters. The molecule has 0 bridgehead atoms. The maximum Gasteiger partial charge on any atom is 0.250 e. The highest BCUT2D eigenvalue weighted by molar-refractivity contribution is 9.10. The molecule has 1 N–H and O–H groups in total. The second-order valence-corrected chi connectivity index (χ2v) is 8.77. The van der Waals surface area contributed by atoms with Crippen LogP contribution in [0.15, 0.2) is 87.8 Å². The van der Waals surface area contributed by atoms with Gasteiger partial charge in [0, 0.05) is 33.7 Å². The number of hydrazone groups is 1. The molecular formula is C24H21BrN6O2S. The van der Waals surface area contributed by atoms with E-state index >= 15 is 0 Å². The van der Waals surface area contributed by atoms with Crippen molar-refractivity contribution in [2.75, 3.05) is 12.4 Å². The topological polar surface area (TPSA) is 94.3 Å². The average Bonchev–Trinajstić information content (AvgIpc) is 3.29. The normalized spacial score (nSPS) is 11.0. The number of para-hydroxylation sites is 1. The van der Waals surface area contributed by atoms with E-state index in [4.69, 9.17) is 4.74 Å². The predicted octanol–water partition coefficient (Wildman–Crippen LogP) is 4.73. The van der Waals surface area contributed by atoms with Crippen LogP contribution in [0.4, 0.5) is 0 Å². The van der Waals surface area contributed by atoms with E-state index in [2.05, 4.69) is 41.6 Å². The quantitative estimate of drug-likeness (QED) is 0.189. The number of carbonyl (C=O) groups is 1. The lowest BCUT2D eigenvalue weighted by atomic mass is 10.2. The fraction of sp³-hybridized carbons (Fsp3) is 0.125. The summed E-state index contributed by atoms with van der Waals surface area (Å²) in [7, 11) is 0. The van der Waals surface area contributed by atoms with Gasteiger partial charge in [-0.05, 0) is 49.4 Å². The molecule has 8 nitrogen and oxygen atoms in total. The Morgan fingerprint density at radius 3 is 2.71 bits per heavy atom. The summed E-state index contributed by atoms with van der Waals surface area (Å²) in [5.41, 5.74) is 5.10. The molecule has 0 saturated carbocycles. The van der Waals surface area contributed by atoms with Crippen LogP contribution in [-0.2, 0) is 4.79 Å². The van der Waals surface area contributed by atoms with Crippen LogP contribution in [0.2, 0.25) is 0 Å². The molecule has 0 radical (unpaired) electrons. The van der Waals surface area contributed by atoms with Crippen molar-refractivity contribution >= 4 is 39.8 Å². The minimum Gasteiger partial charge on any atom is -0.493 e. The Kier molecular flexibility index (Phi) is 8.05. The minimum atomic E-state index is -0.262. The number of carbonyl (C=O) groups excluding carboxylic acids is 1. The van der Waals surface area contributed by atoms with Crippen LogP contribution in [0, 0.1) is 0 Å². The summed E-state index contributed by atoms with van der Waals surface area (Å²) >= 11 is 4.72. The van der Waals surface area contributed by atoms with Gasteiger partial charge in [-0.15, -0.1) is 10.2 Å². The Morgan fingerprint density at radius 1 is 1.15 bits per heavy atom. The van der Waals surface area contributed by atoms with Gasteiger partial charge in [-0.3, -0.25) is 14.3 Å². The van der Waals surface area contributed by atoms with Crippen molar-refractivity contribution in [1.29, 1.82) is 0 Å². The molecule has 2 aromatic heterocycles. The molecule has 0 unspecified atom stereocenters. The third kappa shape index (κ3) is 5.89. The molecule has 10 heteroatoms. The van der Waals surface area contributed by atoms with Gasteiger partial charge in [0.25, 0.3) is 5.91 Å². The van der Waals surface area contributed by atoms with Crippen molar-refractivity contribution in [3.8, 4) is 22.8 Å². The van der Waals surface area contributed by atoms with Crippen LogP contribution in [0.3, 0.4) is 0 Å². The van der Waals surface area contributed by atoms with Gasteiger partial charge >= 0.3 is 0 Å². The van der Waals surface area contributed by atoms with Crippen LogP contribution in [0.1, 0.15) is 12.5 Å². The van der Waals surface area contributed by atoms with E-state index in [9.17, 15) is 4.79 Å². The van der Waals surface area contributed by atoms with Crippen LogP contribution < -0.4 is 10.2 Å². The van der Waals surface area contributed by atoms with Gasteiger partial charge in [0.1, 0.15) is 5.75 Å². The van der Waals surface area contributed by atoms with E-state index in [-0.39, 0.29) is 11.7 Å². The second kappa shape index (κ2) is 11.6. The lowest BCUT2D eigenvalue weighted by molar-refractivity contribution is -0.118. The number of hydrogen-bond acceptors (Lipinski definition) is 7. The zero-order valence-corrected chi connectivity index (χ0v) is 20.7. The molecule has 172 valence electrons. The van der Waals surface area contributed by atoms with E-state index in [1.165, 1.54) is 11.8 Å². The van der Waals surface area contributed by atoms with Crippen molar-refractivity contribution in [2.24, 2.45) is 5.10 Å². The van der Waals surface area contributed by atoms with E-state index in [1.807, 2.05) is 72.2 Å². The van der Waals surface area contributed by atoms with Crippen LogP contribution in [0.5, 0.6) is 5.75 Å². The van der Waals surface area contributed by atoms with Crippen molar-refractivity contribution in [1.82, 2.24) is 25.2 Å². The van der Waals surface area contributed by atoms with Crippen LogP contribution in [-0.4, -0.2) is 44.2 Å². The summed E-state index contributed by atoms with van der Waals surface area (Å²) < 4.78 is 8.41. The Morgan fingerprint density at radius 2 is 1.94 bits per heavy atom. The molecule has 4 aromatic rings. The zero-order valence-electron chi connectivity index (χ0n) is 18.3. The molecule has 2 aromatic carbocycles. The van der Waals surface area contributed by atoms with E-state index in [0.29, 0.717) is 23.3 Å². The summed E-state index contributed by atoms with van der Waals surface area (Å²) in [6.07, 6.45) is 4.98. The molecule has 4 rings (SSSR count). The number of halogens is 1. The number of pyridine rings is 1. The van der Waals surface area contributed by atoms with Gasteiger partial charge in [0.05, 0.1) is 18.6 Å². The number of rotatable bonds is 9. The summed E-state index contributed by atoms with van der Waals surface area (Å²) in [5, 5.41) is 13.4. The number of thioether (sulfide) groups is 1. The standard InChI is InChI=1S/C24H21BrN6O2S/c1-2-33-21-9-8-19(25)14-18(21)15-27-28-22(32)16-34-24-30-29-23(17-10-12-26-13-11-17)31(24)20-6-4-3-5-7-20/h3-15H,2,16H2,1H3,(H,28,32)/b27-15-. The molecule has 0 aliphatic carbocycles. The number of nitrogens with zero attached hydrogens (tertiary/aromatic N) is 5. The largest absolute Gasteiger partial charge is 0.493 e. The number of ether oxygens (including phenoxy) is 1. The first-order chi connectivity index (χ1) is 16.7. The van der Waals surface area contributed by atoms with Gasteiger partial charge in [0.15, 0.2) is 11.0 Å². The first kappa shape index (κ1) is 23.7. The molecule has 2 heterocycles. The van der Waals surface area contributed by atoms with Gasteiger partial charge in [-0.1, -0.05) is 45.9 Å². The summed E-state index contributed by atoms with van der Waals surface area (Å²) in [6, 6.07) is 19.1. The average molecular weight is 537 g/mol. The molecule has 34 heavy (non-hydrogen) atoms. The smallest absolute Gasteiger partial charge is 0.250 e. The van der Waals surface area contributed by atoms with E-state index in [1.54, 1.807) is 18.6 Å². The number of amides is 1. The maximum atomic E-state index is 12.5. The van der Waals surface area contributed by atoms with Crippen molar-refractivity contribution in [3.05, 3.63) is 83.1 Å². The van der Waals surface area contributed by atoms with Gasteiger partial charge < -0.3 is 4.74 Å². The third-order valence-electron chi connectivity index (χ3n) is 4.58. The summed E-state index contributed by atoms with van der Waals surface area (Å²) in [5.74, 6) is 1.22. The number of aromatic nitrogens is 4. The predicted molar refractivity (Wildman–Crippen MR) is 136 cm³/mol. The fourth-order valence-electron chi connectivity index (χ4n) is 3.10. The SMILES string of the molecule is CCOc1ccc(Br)cc1/C=N\NC(=O)CSc1nnc(-c2ccncc2)n1-c1ccccc1. The lowest BCUT2D eigenvalue weighted by Gasteiger charge is -2.10. The Labute approximate surface area is 209 Å². The minimum absolute atomic E-state index is 0.120. The molecule has 0 fully saturated rings. The Hall–Kier alpha value is -3.50. The highest BCUT2D eigenvalue weighted by Crippen LogP contribution is 2.27. The third-order valence-corrected chi connectivity index (χ3v) is 6.01. The lowest BCUT2D eigenvalue weighted by Crippen LogP contribution is -2.20. The monoisotopic (exact) mass is 536 g/mol. The molecular weight excluding hydrogens is 516 g/mol. The van der Waals surface area contributed by atoms with Crippen LogP contribution >= 0.6 is 27.7 Å². The van der Waals surface area contributed by atoms with Crippen molar-refractivity contribution in [3.63, 3.8) is 0 Å². The molecule has 0 aliphatic rings. The molecule has 0 spiro atoms. The Bertz CT molecular complexity index is 1280. The van der Waals surface area contributed by atoms with E-state index in [0.717, 1.165) is 21.3 Å². The van der Waals surface area contributed by atoms with Gasteiger partial charge in [-0.2, -0.15) is 5.10 Å². The molecule has 0 saturated heterocycles. The number of nitrogens with one attached hydrogen (secondary N) is 1. The van der Waals surface area contributed by atoms with Crippen LogP contribution in [0.25, 0.3) is 17.1 Å². The zero-order chi connectivity index (χ0) is 23.8. The number of hydrogen-bond donors (Lipinski definition) is 1. The maximum absolute atomic E-state index is 12.5. The summed E-state index contributed by atoms with van der Waals surface area (Å²) in [6.45, 7) is 2.45. The highest BCUT2D eigenvalue weighted by Gasteiger charge is 2.17. The second-order valence-electron chi connectivity index (χ2n) is 6.91. The van der Waals surface area contributed by atoms with Gasteiger partial charge in [-0.25, -0.2) is 5.43 Å². The number of benzene rings is 2. The molecule has 1 amide bonds. The highest BCUT2D eigenvalue weighted by atomic mass is 79.9. The fourth-order valence-corrected chi connectivity index (χ4v) is 4.23. The van der Waals surface area contributed by atoms with Gasteiger partial charge in [0.2, 0.25) is 0 Å². The Balaban J connectivity index is 1.47.